The molecule has 0 amide bonds. The van der Waals surface area contributed by atoms with Gasteiger partial charge >= 0.3 is 0 Å². The van der Waals surface area contributed by atoms with Crippen LogP contribution in [0.25, 0.3) is 64.7 Å². The van der Waals surface area contributed by atoms with Crippen LogP contribution in [0, 0.1) is 0 Å². The van der Waals surface area contributed by atoms with E-state index in [1.165, 1.54) is 104 Å². The molecular formula is C58H39NS. The number of anilines is 3. The van der Waals surface area contributed by atoms with Crippen molar-refractivity contribution in [3.05, 3.63) is 234 Å². The number of rotatable bonds is 4. The first-order chi connectivity index (χ1) is 29.5. The molecule has 0 saturated heterocycles. The predicted octanol–water partition coefficient (Wildman–Crippen LogP) is 15.8. The smallest absolute Gasteiger partial charge is 0.0726 e. The molecule has 0 fully saturated rings. The van der Waals surface area contributed by atoms with Crippen molar-refractivity contribution in [1.29, 1.82) is 0 Å². The fraction of sp³-hybridized carbons (Fsp3) is 0.0690. The molecule has 282 valence electrons. The monoisotopic (exact) mass is 781 g/mol. The van der Waals surface area contributed by atoms with Crippen molar-refractivity contribution in [3.63, 3.8) is 0 Å². The Morgan fingerprint density at radius 1 is 0.367 bits per heavy atom. The zero-order valence-electron chi connectivity index (χ0n) is 33.4. The maximum absolute atomic E-state index is 2.51. The van der Waals surface area contributed by atoms with E-state index >= 15 is 0 Å². The molecule has 0 atom stereocenters. The summed E-state index contributed by atoms with van der Waals surface area (Å²) in [6.45, 7) is 4.72. The van der Waals surface area contributed by atoms with Gasteiger partial charge in [-0.3, -0.25) is 0 Å². The molecule has 1 spiro atoms. The SMILES string of the molecule is CC1(C)c2ccccc2-c2ccc(-c3ccc(N(c4ccc5c(c4)sc4ccccc45)c4cccc5c4-c4ccccc4C54c5ccccc5-c5ccccc54)cc3)cc21. The topological polar surface area (TPSA) is 3.24 Å². The first-order valence-electron chi connectivity index (χ1n) is 21.0. The van der Waals surface area contributed by atoms with Crippen LogP contribution in [0.5, 0.6) is 0 Å². The second kappa shape index (κ2) is 12.3. The van der Waals surface area contributed by atoms with E-state index in [1.807, 2.05) is 11.3 Å². The van der Waals surface area contributed by atoms with E-state index in [2.05, 4.69) is 219 Å². The van der Waals surface area contributed by atoms with Gasteiger partial charge in [0.25, 0.3) is 0 Å². The molecule has 0 bridgehead atoms. The van der Waals surface area contributed by atoms with Gasteiger partial charge in [-0.1, -0.05) is 172 Å². The second-order valence-corrected chi connectivity index (χ2v) is 18.3. The van der Waals surface area contributed by atoms with E-state index < -0.39 is 5.41 Å². The quantitative estimate of drug-likeness (QED) is 0.172. The number of benzene rings is 9. The summed E-state index contributed by atoms with van der Waals surface area (Å²) in [6, 6.07) is 75.4. The van der Waals surface area contributed by atoms with E-state index in [0.717, 1.165) is 11.4 Å². The highest BCUT2D eigenvalue weighted by atomic mass is 32.1. The Morgan fingerprint density at radius 3 is 1.63 bits per heavy atom. The number of nitrogens with zero attached hydrogens (tertiary/aromatic N) is 1. The van der Waals surface area contributed by atoms with Crippen LogP contribution in [0.1, 0.15) is 47.2 Å². The maximum Gasteiger partial charge on any atom is 0.0726 e. The van der Waals surface area contributed by atoms with Crippen molar-refractivity contribution in [2.45, 2.75) is 24.7 Å². The van der Waals surface area contributed by atoms with E-state index in [-0.39, 0.29) is 5.41 Å². The summed E-state index contributed by atoms with van der Waals surface area (Å²) in [4.78, 5) is 2.51. The van der Waals surface area contributed by atoms with Gasteiger partial charge in [0.05, 0.1) is 11.1 Å². The van der Waals surface area contributed by atoms with Crippen molar-refractivity contribution in [1.82, 2.24) is 0 Å². The average molecular weight is 782 g/mol. The lowest BCUT2D eigenvalue weighted by atomic mass is 9.70. The molecule has 13 rings (SSSR count). The third kappa shape index (κ3) is 4.41. The Hall–Kier alpha value is -7.00. The second-order valence-electron chi connectivity index (χ2n) is 17.2. The lowest BCUT2D eigenvalue weighted by molar-refractivity contribution is 0.660. The largest absolute Gasteiger partial charge is 0.310 e. The first kappa shape index (κ1) is 33.9. The molecule has 0 radical (unpaired) electrons. The number of hydrogen-bond donors (Lipinski definition) is 0. The van der Waals surface area contributed by atoms with Crippen molar-refractivity contribution in [2.75, 3.05) is 4.90 Å². The highest BCUT2D eigenvalue weighted by molar-refractivity contribution is 7.25. The molecule has 1 heterocycles. The lowest BCUT2D eigenvalue weighted by Crippen LogP contribution is -2.26. The van der Waals surface area contributed by atoms with Gasteiger partial charge in [-0.25, -0.2) is 0 Å². The van der Waals surface area contributed by atoms with E-state index in [9.17, 15) is 0 Å². The van der Waals surface area contributed by atoms with Crippen LogP contribution < -0.4 is 4.90 Å². The molecule has 0 N–H and O–H groups in total. The molecule has 9 aromatic carbocycles. The van der Waals surface area contributed by atoms with Crippen LogP contribution in [-0.2, 0) is 10.8 Å². The average Bonchev–Trinajstić information content (AvgIpc) is 3.99. The third-order valence-electron chi connectivity index (χ3n) is 13.9. The summed E-state index contributed by atoms with van der Waals surface area (Å²) in [5.74, 6) is 0. The number of fused-ring (bicyclic) bond motifs is 16. The predicted molar refractivity (Wildman–Crippen MR) is 253 cm³/mol. The Bertz CT molecular complexity index is 3370. The van der Waals surface area contributed by atoms with Crippen LogP contribution in [0.15, 0.2) is 200 Å². The Kier molecular flexibility index (Phi) is 6.94. The van der Waals surface area contributed by atoms with Gasteiger partial charge in [0.2, 0.25) is 0 Å². The summed E-state index contributed by atoms with van der Waals surface area (Å²) in [7, 11) is 0. The van der Waals surface area contributed by atoms with E-state index in [0.29, 0.717) is 0 Å². The Labute approximate surface area is 354 Å². The molecule has 3 aliphatic carbocycles. The molecule has 60 heavy (non-hydrogen) atoms. The summed E-state index contributed by atoms with van der Waals surface area (Å²) in [5.41, 5.74) is 21.6. The summed E-state index contributed by atoms with van der Waals surface area (Å²) >= 11 is 1.88. The summed E-state index contributed by atoms with van der Waals surface area (Å²) in [5, 5.41) is 2.62. The first-order valence-corrected chi connectivity index (χ1v) is 21.8. The van der Waals surface area contributed by atoms with Crippen molar-refractivity contribution >= 4 is 48.6 Å². The van der Waals surface area contributed by atoms with Crippen LogP contribution >= 0.6 is 11.3 Å². The van der Waals surface area contributed by atoms with Gasteiger partial charge in [0.1, 0.15) is 0 Å². The molecule has 0 unspecified atom stereocenters. The lowest BCUT2D eigenvalue weighted by Gasteiger charge is -2.32. The number of hydrogen-bond acceptors (Lipinski definition) is 2. The molecule has 0 aliphatic heterocycles. The molecular weight excluding hydrogens is 743 g/mol. The highest BCUT2D eigenvalue weighted by Crippen LogP contribution is 2.64. The van der Waals surface area contributed by atoms with Crippen LogP contribution in [0.3, 0.4) is 0 Å². The molecule has 1 nitrogen and oxygen atoms in total. The zero-order valence-corrected chi connectivity index (χ0v) is 34.2. The van der Waals surface area contributed by atoms with Gasteiger partial charge in [0.15, 0.2) is 0 Å². The van der Waals surface area contributed by atoms with Crippen LogP contribution in [0.4, 0.5) is 17.1 Å². The fourth-order valence-electron chi connectivity index (χ4n) is 11.3. The summed E-state index contributed by atoms with van der Waals surface area (Å²) in [6.07, 6.45) is 0. The minimum Gasteiger partial charge on any atom is -0.310 e. The molecule has 2 heteroatoms. The van der Waals surface area contributed by atoms with Crippen molar-refractivity contribution in [3.8, 4) is 44.5 Å². The van der Waals surface area contributed by atoms with Crippen molar-refractivity contribution in [2.24, 2.45) is 0 Å². The molecule has 0 saturated carbocycles. The number of thiophene rings is 1. The molecule has 10 aromatic rings. The molecule has 1 aromatic heterocycles. The maximum atomic E-state index is 2.51. The standard InChI is InChI=1S/C58H39NS/c1-57(2)47-19-8-3-14-40(47)43-32-28-37(34-52(43)57)36-26-29-38(30-27-36)59(39-31-33-45-44-17-7-12-25-54(44)60-55(45)35-39)53-24-13-23-51-56(53)46-18-6-11-22-50(46)58(51)48-20-9-4-15-41(48)42-16-5-10-21-49(42)58/h3-35H,1-2H3. The van der Waals surface area contributed by atoms with Crippen molar-refractivity contribution < 1.29 is 0 Å². The van der Waals surface area contributed by atoms with E-state index in [1.54, 1.807) is 0 Å². The van der Waals surface area contributed by atoms with Gasteiger partial charge < -0.3 is 4.90 Å². The van der Waals surface area contributed by atoms with Gasteiger partial charge in [-0.2, -0.15) is 0 Å². The van der Waals surface area contributed by atoms with Gasteiger partial charge in [0, 0.05) is 42.5 Å². The van der Waals surface area contributed by atoms with Crippen LogP contribution in [-0.4, -0.2) is 0 Å². The van der Waals surface area contributed by atoms with E-state index in [4.69, 9.17) is 0 Å². The minimum absolute atomic E-state index is 0.0500. The zero-order chi connectivity index (χ0) is 39.7. The minimum atomic E-state index is -0.416. The van der Waals surface area contributed by atoms with Gasteiger partial charge in [-0.05, 0) is 115 Å². The third-order valence-corrected chi connectivity index (χ3v) is 15.0. The van der Waals surface area contributed by atoms with Crippen LogP contribution in [0.2, 0.25) is 0 Å². The normalized spacial score (nSPS) is 14.4. The summed E-state index contributed by atoms with van der Waals surface area (Å²) < 4.78 is 2.61. The Balaban J connectivity index is 1.02. The molecule has 3 aliphatic rings. The fourth-order valence-corrected chi connectivity index (χ4v) is 12.4. The van der Waals surface area contributed by atoms with Gasteiger partial charge in [-0.15, -0.1) is 11.3 Å². The Morgan fingerprint density at radius 2 is 0.900 bits per heavy atom. The highest BCUT2D eigenvalue weighted by Gasteiger charge is 2.52.